The van der Waals surface area contributed by atoms with Crippen LogP contribution in [-0.4, -0.2) is 38.4 Å². The van der Waals surface area contributed by atoms with Crippen molar-refractivity contribution in [1.82, 2.24) is 9.62 Å². The summed E-state index contributed by atoms with van der Waals surface area (Å²) in [4.78, 5) is 13.1. The lowest BCUT2D eigenvalue weighted by Gasteiger charge is -2.22. The van der Waals surface area contributed by atoms with Crippen molar-refractivity contribution in [2.24, 2.45) is 0 Å². The highest BCUT2D eigenvalue weighted by molar-refractivity contribution is 7.89. The quantitative estimate of drug-likeness (QED) is 0.885. The summed E-state index contributed by atoms with van der Waals surface area (Å²) in [7, 11) is -3.83. The first-order valence-corrected chi connectivity index (χ1v) is 8.79. The van der Waals surface area contributed by atoms with Gasteiger partial charge >= 0.3 is 0 Å². The highest BCUT2D eigenvalue weighted by atomic mass is 35.5. The normalized spacial score (nSPS) is 17.3. The average molecular weight is 351 g/mol. The standard InChI is InChI=1S/C13H16Cl2N2O3S/c1-9(8-17-7-3-6-12(17)18)16-21(19,20)13-10(14)4-2-5-11(13)15/h2,4-5,9,16H,3,6-8H2,1H3. The minimum Gasteiger partial charge on any atom is -0.341 e. The minimum absolute atomic E-state index is 0.0526. The lowest BCUT2D eigenvalue weighted by Crippen LogP contribution is -2.42. The second-order valence-electron chi connectivity index (χ2n) is 5.02. The van der Waals surface area contributed by atoms with Gasteiger partial charge in [0.05, 0.1) is 10.0 Å². The van der Waals surface area contributed by atoms with Crippen LogP contribution in [0.15, 0.2) is 23.1 Å². The summed E-state index contributed by atoms with van der Waals surface area (Å²) < 4.78 is 27.2. The van der Waals surface area contributed by atoms with Gasteiger partial charge in [0.15, 0.2) is 0 Å². The maximum Gasteiger partial charge on any atom is 0.243 e. The van der Waals surface area contributed by atoms with E-state index in [0.717, 1.165) is 6.42 Å². The van der Waals surface area contributed by atoms with Crippen LogP contribution in [0.2, 0.25) is 10.0 Å². The summed E-state index contributed by atoms with van der Waals surface area (Å²) in [6, 6.07) is 4.09. The Morgan fingerprint density at radius 2 is 1.95 bits per heavy atom. The van der Waals surface area contributed by atoms with Crippen LogP contribution in [0.5, 0.6) is 0 Å². The molecule has 1 aliphatic rings. The molecule has 1 saturated heterocycles. The van der Waals surface area contributed by atoms with Gasteiger partial charge in [-0.3, -0.25) is 4.79 Å². The Kier molecular flexibility index (Phi) is 5.14. The molecule has 1 N–H and O–H groups in total. The van der Waals surface area contributed by atoms with E-state index in [1.165, 1.54) is 12.1 Å². The maximum absolute atomic E-state index is 12.4. The van der Waals surface area contributed by atoms with Gasteiger partial charge in [0.25, 0.3) is 0 Å². The molecule has 1 fully saturated rings. The second kappa shape index (κ2) is 6.52. The Balaban J connectivity index is 2.12. The Hall–Kier alpha value is -0.820. The molecule has 1 unspecified atom stereocenters. The van der Waals surface area contributed by atoms with E-state index in [4.69, 9.17) is 23.2 Å². The van der Waals surface area contributed by atoms with Crippen LogP contribution in [0.3, 0.4) is 0 Å². The molecule has 8 heteroatoms. The number of halogens is 2. The van der Waals surface area contributed by atoms with Gasteiger partial charge in [-0.15, -0.1) is 0 Å². The lowest BCUT2D eigenvalue weighted by atomic mass is 10.3. The number of rotatable bonds is 5. The first kappa shape index (κ1) is 16.5. The van der Waals surface area contributed by atoms with Gasteiger partial charge in [-0.25, -0.2) is 13.1 Å². The predicted molar refractivity (Wildman–Crippen MR) is 82.1 cm³/mol. The fraction of sp³-hybridized carbons (Fsp3) is 0.462. The Labute approximate surface area is 134 Å². The van der Waals surface area contributed by atoms with Gasteiger partial charge in [-0.2, -0.15) is 0 Å². The first-order chi connectivity index (χ1) is 9.81. The van der Waals surface area contributed by atoms with Crippen LogP contribution in [0.25, 0.3) is 0 Å². The number of sulfonamides is 1. The third-order valence-corrected chi connectivity index (χ3v) is 5.75. The van der Waals surface area contributed by atoms with Crippen molar-refractivity contribution < 1.29 is 13.2 Å². The molecule has 0 bridgehead atoms. The SMILES string of the molecule is CC(CN1CCCC1=O)NS(=O)(=O)c1c(Cl)cccc1Cl. The van der Waals surface area contributed by atoms with Gasteiger partial charge in [0.1, 0.15) is 4.90 Å². The van der Waals surface area contributed by atoms with Crippen molar-refractivity contribution in [2.45, 2.75) is 30.7 Å². The monoisotopic (exact) mass is 350 g/mol. The summed E-state index contributed by atoms with van der Waals surface area (Å²) in [6.45, 7) is 2.70. The molecule has 0 saturated carbocycles. The number of carbonyl (C=O) groups is 1. The fourth-order valence-electron chi connectivity index (χ4n) is 2.33. The summed E-state index contributed by atoms with van der Waals surface area (Å²) >= 11 is 11.8. The number of hydrogen-bond acceptors (Lipinski definition) is 3. The summed E-state index contributed by atoms with van der Waals surface area (Å²) in [5.74, 6) is 0.0526. The third-order valence-electron chi connectivity index (χ3n) is 3.21. The van der Waals surface area contributed by atoms with Gasteiger partial charge < -0.3 is 4.90 Å². The molecule has 0 aliphatic carbocycles. The topological polar surface area (TPSA) is 66.5 Å². The number of benzene rings is 1. The summed E-state index contributed by atoms with van der Waals surface area (Å²) in [5.41, 5.74) is 0. The van der Waals surface area contributed by atoms with Crippen molar-refractivity contribution in [3.05, 3.63) is 28.2 Å². The first-order valence-electron chi connectivity index (χ1n) is 6.55. The van der Waals surface area contributed by atoms with Crippen molar-refractivity contribution in [2.75, 3.05) is 13.1 Å². The third kappa shape index (κ3) is 3.88. The summed E-state index contributed by atoms with van der Waals surface area (Å²) in [5, 5.41) is 0.138. The van der Waals surface area contributed by atoms with Crippen LogP contribution >= 0.6 is 23.2 Å². The molecule has 1 atom stereocenters. The molecule has 21 heavy (non-hydrogen) atoms. The number of carbonyl (C=O) groups excluding carboxylic acids is 1. The molecule has 116 valence electrons. The Morgan fingerprint density at radius 1 is 1.33 bits per heavy atom. The van der Waals surface area contributed by atoms with E-state index in [1.54, 1.807) is 17.9 Å². The molecule has 0 radical (unpaired) electrons. The van der Waals surface area contributed by atoms with E-state index >= 15 is 0 Å². The molecular weight excluding hydrogens is 335 g/mol. The molecule has 1 aromatic carbocycles. The Morgan fingerprint density at radius 3 is 2.48 bits per heavy atom. The van der Waals surface area contributed by atoms with E-state index in [1.807, 2.05) is 0 Å². The van der Waals surface area contributed by atoms with Crippen LogP contribution in [0.4, 0.5) is 0 Å². The lowest BCUT2D eigenvalue weighted by molar-refractivity contribution is -0.127. The number of likely N-dealkylation sites (tertiary alicyclic amines) is 1. The number of nitrogens with one attached hydrogen (secondary N) is 1. The van der Waals surface area contributed by atoms with Gasteiger partial charge in [0.2, 0.25) is 15.9 Å². The molecule has 0 aromatic heterocycles. The van der Waals surface area contributed by atoms with Crippen LogP contribution < -0.4 is 4.72 Å². The zero-order valence-corrected chi connectivity index (χ0v) is 13.8. The van der Waals surface area contributed by atoms with Crippen LogP contribution in [-0.2, 0) is 14.8 Å². The summed E-state index contributed by atoms with van der Waals surface area (Å²) in [6.07, 6.45) is 1.34. The molecule has 0 spiro atoms. The molecular formula is C13H16Cl2N2O3S. The van der Waals surface area contributed by atoms with Crippen LogP contribution in [0.1, 0.15) is 19.8 Å². The van der Waals surface area contributed by atoms with Gasteiger partial charge in [-0.05, 0) is 25.5 Å². The van der Waals surface area contributed by atoms with Crippen molar-refractivity contribution >= 4 is 39.1 Å². The largest absolute Gasteiger partial charge is 0.341 e. The predicted octanol–water partition coefficient (Wildman–Crippen LogP) is 2.28. The van der Waals surface area contributed by atoms with Crippen molar-refractivity contribution in [1.29, 1.82) is 0 Å². The van der Waals surface area contributed by atoms with E-state index in [-0.39, 0.29) is 20.8 Å². The zero-order chi connectivity index (χ0) is 15.6. The van der Waals surface area contributed by atoms with E-state index in [9.17, 15) is 13.2 Å². The number of nitrogens with zero attached hydrogens (tertiary/aromatic N) is 1. The molecule has 1 aliphatic heterocycles. The van der Waals surface area contributed by atoms with Crippen molar-refractivity contribution in [3.63, 3.8) is 0 Å². The van der Waals surface area contributed by atoms with E-state index in [2.05, 4.69) is 4.72 Å². The number of hydrogen-bond donors (Lipinski definition) is 1. The van der Waals surface area contributed by atoms with Gasteiger partial charge in [-0.1, -0.05) is 29.3 Å². The van der Waals surface area contributed by atoms with E-state index in [0.29, 0.717) is 19.5 Å². The van der Waals surface area contributed by atoms with E-state index < -0.39 is 16.1 Å². The van der Waals surface area contributed by atoms with Crippen LogP contribution in [0, 0.1) is 0 Å². The molecule has 1 amide bonds. The molecule has 1 heterocycles. The highest BCUT2D eigenvalue weighted by Gasteiger charge is 2.26. The molecule has 5 nitrogen and oxygen atoms in total. The number of amides is 1. The minimum atomic E-state index is -3.83. The molecule has 1 aromatic rings. The fourth-order valence-corrected chi connectivity index (χ4v) is 4.71. The van der Waals surface area contributed by atoms with Crippen molar-refractivity contribution in [3.8, 4) is 0 Å². The average Bonchev–Trinajstić information content (AvgIpc) is 2.73. The molecule has 2 rings (SSSR count). The second-order valence-corrected chi connectivity index (χ2v) is 7.48. The maximum atomic E-state index is 12.4. The highest BCUT2D eigenvalue weighted by Crippen LogP contribution is 2.28. The zero-order valence-electron chi connectivity index (χ0n) is 11.5. The smallest absolute Gasteiger partial charge is 0.243 e. The Bertz CT molecular complexity index is 629. The van der Waals surface area contributed by atoms with Gasteiger partial charge in [0, 0.05) is 25.6 Å².